The lowest BCUT2D eigenvalue weighted by molar-refractivity contribution is 0.365. The molecule has 1 heterocycles. The van der Waals surface area contributed by atoms with Crippen molar-refractivity contribution in [3.05, 3.63) is 12.1 Å². The number of rotatable bonds is 3. The molecule has 0 aromatic carbocycles. The van der Waals surface area contributed by atoms with Gasteiger partial charge in [-0.25, -0.2) is 0 Å². The molecule has 0 amide bonds. The van der Waals surface area contributed by atoms with Gasteiger partial charge in [0.05, 0.1) is 0 Å². The molecule has 0 radical (unpaired) electrons. The molecule has 4 heteroatoms. The zero-order valence-electron chi connectivity index (χ0n) is 6.20. The van der Waals surface area contributed by atoms with Crippen molar-refractivity contribution in [2.75, 3.05) is 6.54 Å². The second-order valence-corrected chi connectivity index (χ2v) is 2.34. The van der Waals surface area contributed by atoms with Crippen LogP contribution in [0, 0.1) is 0 Å². The van der Waals surface area contributed by atoms with Gasteiger partial charge in [-0.15, -0.1) is 0 Å². The van der Waals surface area contributed by atoms with Crippen LogP contribution < -0.4 is 5.73 Å². The molecular formula is C7H12N2O2. The summed E-state index contributed by atoms with van der Waals surface area (Å²) in [6, 6.07) is 2.90. The lowest BCUT2D eigenvalue weighted by atomic mass is 10.4. The quantitative estimate of drug-likeness (QED) is 0.587. The molecule has 0 saturated heterocycles. The number of hydrogen-bond donors (Lipinski definition) is 3. The molecule has 0 aliphatic rings. The molecule has 0 unspecified atom stereocenters. The van der Waals surface area contributed by atoms with Gasteiger partial charge in [0.2, 0.25) is 0 Å². The van der Waals surface area contributed by atoms with Crippen LogP contribution in [0.5, 0.6) is 11.8 Å². The fourth-order valence-electron chi connectivity index (χ4n) is 0.925. The van der Waals surface area contributed by atoms with Crippen molar-refractivity contribution in [1.29, 1.82) is 0 Å². The van der Waals surface area contributed by atoms with Crippen molar-refractivity contribution in [3.63, 3.8) is 0 Å². The number of nitrogens with two attached hydrogens (primary N) is 1. The van der Waals surface area contributed by atoms with Gasteiger partial charge in [0.25, 0.3) is 0 Å². The molecule has 0 atom stereocenters. The Kier molecular flexibility index (Phi) is 2.38. The summed E-state index contributed by atoms with van der Waals surface area (Å²) in [5.74, 6) is 0.159. The first-order valence-electron chi connectivity index (χ1n) is 3.53. The van der Waals surface area contributed by atoms with Crippen LogP contribution in [0.15, 0.2) is 12.1 Å². The molecule has 0 saturated carbocycles. The van der Waals surface area contributed by atoms with Crippen LogP contribution in [0.2, 0.25) is 0 Å². The first kappa shape index (κ1) is 7.94. The van der Waals surface area contributed by atoms with E-state index >= 15 is 0 Å². The van der Waals surface area contributed by atoms with Crippen molar-refractivity contribution in [3.8, 4) is 11.8 Å². The Bertz CT molecular complexity index is 213. The smallest absolute Gasteiger partial charge is 0.193 e. The normalized spacial score (nSPS) is 10.3. The van der Waals surface area contributed by atoms with Crippen LogP contribution in [0.4, 0.5) is 0 Å². The van der Waals surface area contributed by atoms with Gasteiger partial charge in [-0.3, -0.25) is 4.57 Å². The van der Waals surface area contributed by atoms with E-state index in [4.69, 9.17) is 15.9 Å². The lowest BCUT2D eigenvalue weighted by Crippen LogP contribution is -2.04. The van der Waals surface area contributed by atoms with Crippen LogP contribution in [0.3, 0.4) is 0 Å². The van der Waals surface area contributed by atoms with Crippen molar-refractivity contribution in [2.45, 2.75) is 13.0 Å². The predicted molar refractivity (Wildman–Crippen MR) is 41.4 cm³/mol. The van der Waals surface area contributed by atoms with E-state index < -0.39 is 0 Å². The van der Waals surface area contributed by atoms with Gasteiger partial charge in [0, 0.05) is 18.7 Å². The summed E-state index contributed by atoms with van der Waals surface area (Å²) in [7, 11) is 0. The Balaban J connectivity index is 2.67. The Morgan fingerprint density at radius 3 is 2.27 bits per heavy atom. The minimum atomic E-state index is 0.0796. The van der Waals surface area contributed by atoms with Gasteiger partial charge in [-0.2, -0.15) is 0 Å². The van der Waals surface area contributed by atoms with Gasteiger partial charge in [0.15, 0.2) is 11.8 Å². The Morgan fingerprint density at radius 2 is 1.82 bits per heavy atom. The summed E-state index contributed by atoms with van der Waals surface area (Å²) >= 11 is 0. The average molecular weight is 156 g/mol. The van der Waals surface area contributed by atoms with Crippen molar-refractivity contribution in [1.82, 2.24) is 4.57 Å². The minimum absolute atomic E-state index is 0.0796. The molecule has 1 aromatic rings. The van der Waals surface area contributed by atoms with Crippen LogP contribution >= 0.6 is 0 Å². The summed E-state index contributed by atoms with van der Waals surface area (Å²) in [5, 5.41) is 18.2. The summed E-state index contributed by atoms with van der Waals surface area (Å²) < 4.78 is 1.41. The first-order chi connectivity index (χ1) is 5.25. The largest absolute Gasteiger partial charge is 0.494 e. The van der Waals surface area contributed by atoms with Crippen molar-refractivity contribution < 1.29 is 10.2 Å². The van der Waals surface area contributed by atoms with E-state index in [2.05, 4.69) is 0 Å². The van der Waals surface area contributed by atoms with E-state index in [0.717, 1.165) is 6.42 Å². The highest BCUT2D eigenvalue weighted by atomic mass is 16.3. The topological polar surface area (TPSA) is 71.4 Å². The third-order valence-corrected chi connectivity index (χ3v) is 1.52. The molecule has 11 heavy (non-hydrogen) atoms. The second-order valence-electron chi connectivity index (χ2n) is 2.34. The molecule has 0 spiro atoms. The fraction of sp³-hybridized carbons (Fsp3) is 0.429. The standard InChI is InChI=1S/C7H12N2O2/c8-4-1-5-9-6(10)2-3-7(9)11/h2-3,10-11H,1,4-5,8H2. The Morgan fingerprint density at radius 1 is 1.27 bits per heavy atom. The zero-order chi connectivity index (χ0) is 8.27. The monoisotopic (exact) mass is 156 g/mol. The summed E-state index contributed by atoms with van der Waals surface area (Å²) in [5.41, 5.74) is 5.27. The zero-order valence-corrected chi connectivity index (χ0v) is 6.20. The molecule has 4 N–H and O–H groups in total. The highest BCUT2D eigenvalue weighted by Crippen LogP contribution is 2.20. The average Bonchev–Trinajstić information content (AvgIpc) is 2.29. The molecule has 62 valence electrons. The highest BCUT2D eigenvalue weighted by molar-refractivity contribution is 5.23. The predicted octanol–water partition coefficient (Wildman–Crippen LogP) is 0.248. The lowest BCUT2D eigenvalue weighted by Gasteiger charge is -2.04. The van der Waals surface area contributed by atoms with Crippen molar-refractivity contribution >= 4 is 0 Å². The maximum Gasteiger partial charge on any atom is 0.193 e. The van der Waals surface area contributed by atoms with E-state index in [0.29, 0.717) is 13.1 Å². The minimum Gasteiger partial charge on any atom is -0.494 e. The van der Waals surface area contributed by atoms with E-state index in [1.54, 1.807) is 0 Å². The van der Waals surface area contributed by atoms with E-state index in [1.165, 1.54) is 16.7 Å². The maximum absolute atomic E-state index is 9.12. The highest BCUT2D eigenvalue weighted by Gasteiger charge is 2.03. The maximum atomic E-state index is 9.12. The molecular weight excluding hydrogens is 144 g/mol. The van der Waals surface area contributed by atoms with Gasteiger partial charge in [-0.1, -0.05) is 0 Å². The van der Waals surface area contributed by atoms with E-state index in [-0.39, 0.29) is 11.8 Å². The SMILES string of the molecule is NCCCn1c(O)ccc1O. The number of hydrogen-bond acceptors (Lipinski definition) is 3. The number of aromatic nitrogens is 1. The van der Waals surface area contributed by atoms with Gasteiger partial charge in [-0.05, 0) is 13.0 Å². The van der Waals surface area contributed by atoms with Crippen LogP contribution in [-0.2, 0) is 6.54 Å². The van der Waals surface area contributed by atoms with Gasteiger partial charge in [0.1, 0.15) is 0 Å². The van der Waals surface area contributed by atoms with E-state index in [9.17, 15) is 0 Å². The molecule has 4 nitrogen and oxygen atoms in total. The first-order valence-corrected chi connectivity index (χ1v) is 3.53. The Hall–Kier alpha value is -1.16. The molecule has 0 fully saturated rings. The molecule has 0 aliphatic carbocycles. The molecule has 1 rings (SSSR count). The van der Waals surface area contributed by atoms with E-state index in [1.807, 2.05) is 0 Å². The fourth-order valence-corrected chi connectivity index (χ4v) is 0.925. The molecule has 0 aliphatic heterocycles. The van der Waals surface area contributed by atoms with Crippen LogP contribution in [-0.4, -0.2) is 21.3 Å². The summed E-state index contributed by atoms with van der Waals surface area (Å²) in [6.45, 7) is 1.11. The summed E-state index contributed by atoms with van der Waals surface area (Å²) in [4.78, 5) is 0. The molecule has 0 bridgehead atoms. The second kappa shape index (κ2) is 3.30. The van der Waals surface area contributed by atoms with Crippen LogP contribution in [0.25, 0.3) is 0 Å². The van der Waals surface area contributed by atoms with Gasteiger partial charge < -0.3 is 15.9 Å². The van der Waals surface area contributed by atoms with Crippen LogP contribution in [0.1, 0.15) is 6.42 Å². The van der Waals surface area contributed by atoms with Crippen molar-refractivity contribution in [2.24, 2.45) is 5.73 Å². The number of nitrogens with zero attached hydrogens (tertiary/aromatic N) is 1. The third kappa shape index (κ3) is 1.65. The number of aromatic hydroxyl groups is 2. The summed E-state index contributed by atoms with van der Waals surface area (Å²) in [6.07, 6.45) is 0.746. The Labute approximate surface area is 64.9 Å². The third-order valence-electron chi connectivity index (χ3n) is 1.52. The molecule has 1 aromatic heterocycles. The van der Waals surface area contributed by atoms with Gasteiger partial charge >= 0.3 is 0 Å².